The molecule has 2 heterocycles. The number of hydrogen-bond acceptors (Lipinski definition) is 3. The quantitative estimate of drug-likeness (QED) is 0.871. The lowest BCUT2D eigenvalue weighted by molar-refractivity contribution is -0.651. The molecule has 2 N–H and O–H groups in total. The highest BCUT2D eigenvalue weighted by Gasteiger charge is 2.26. The second-order valence-electron chi connectivity index (χ2n) is 5.84. The fraction of sp³-hybridized carbons (Fsp3) is 0.438. The normalized spacial score (nSPS) is 19.0. The molecule has 1 fully saturated rings. The fourth-order valence-electron chi connectivity index (χ4n) is 2.90. The summed E-state index contributed by atoms with van der Waals surface area (Å²) in [4.78, 5) is 16.6. The zero-order chi connectivity index (χ0) is 15.5. The van der Waals surface area contributed by atoms with E-state index in [0.717, 1.165) is 37.3 Å². The van der Waals surface area contributed by atoms with Crippen LogP contribution in [0, 0.1) is 6.92 Å². The van der Waals surface area contributed by atoms with E-state index in [2.05, 4.69) is 22.4 Å². The number of aryl methyl sites for hydroxylation is 1. The number of carbonyl (C=O) groups excluding carboxylic acids is 1. The van der Waals surface area contributed by atoms with Crippen LogP contribution in [0.3, 0.4) is 0 Å². The Morgan fingerprint density at radius 3 is 2.82 bits per heavy atom. The Morgan fingerprint density at radius 2 is 2.05 bits per heavy atom. The van der Waals surface area contributed by atoms with Crippen molar-refractivity contribution < 1.29 is 10.1 Å². The third kappa shape index (κ3) is 2.87. The van der Waals surface area contributed by atoms with Crippen molar-refractivity contribution in [1.82, 2.24) is 19.9 Å². The number of hydrogen-bond donors (Lipinski definition) is 1. The molecule has 1 aliphatic heterocycles. The van der Waals surface area contributed by atoms with Gasteiger partial charge in [0.25, 0.3) is 5.91 Å². The monoisotopic (exact) mass is 300 g/mol. The molecule has 22 heavy (non-hydrogen) atoms. The Balaban J connectivity index is 1.99. The molecule has 0 spiro atoms. The van der Waals surface area contributed by atoms with Crippen LogP contribution in [0.4, 0.5) is 0 Å². The first-order valence-corrected chi connectivity index (χ1v) is 7.77. The van der Waals surface area contributed by atoms with Crippen molar-refractivity contribution in [2.45, 2.75) is 26.3 Å². The Hall–Kier alpha value is -2.21. The van der Waals surface area contributed by atoms with Crippen LogP contribution in [-0.2, 0) is 0 Å². The molecule has 0 radical (unpaired) electrons. The topological polar surface area (TPSA) is 67.6 Å². The van der Waals surface area contributed by atoms with Gasteiger partial charge >= 0.3 is 0 Å². The van der Waals surface area contributed by atoms with Gasteiger partial charge in [0.1, 0.15) is 0 Å². The van der Waals surface area contributed by atoms with Crippen LogP contribution >= 0.6 is 0 Å². The zero-order valence-corrected chi connectivity index (χ0v) is 13.1. The molecule has 0 unspecified atom stereocenters. The third-order valence-electron chi connectivity index (χ3n) is 4.17. The number of aromatic nitrogens is 3. The zero-order valence-electron chi connectivity index (χ0n) is 13.1. The number of nitrogens with zero attached hydrogens (tertiary/aromatic N) is 4. The minimum Gasteiger partial charge on any atom is -0.345 e. The largest absolute Gasteiger partial charge is 0.345 e. The van der Waals surface area contributed by atoms with Gasteiger partial charge in [0.15, 0.2) is 0 Å². The van der Waals surface area contributed by atoms with E-state index in [1.54, 1.807) is 12.4 Å². The van der Waals surface area contributed by atoms with Crippen LogP contribution in [0.15, 0.2) is 30.6 Å². The van der Waals surface area contributed by atoms with E-state index in [9.17, 15) is 4.79 Å². The summed E-state index contributed by atoms with van der Waals surface area (Å²) < 4.78 is 0. The highest BCUT2D eigenvalue weighted by Crippen LogP contribution is 2.19. The smallest absolute Gasteiger partial charge is 0.256 e. The number of carbonyl (C=O) groups is 1. The lowest BCUT2D eigenvalue weighted by Gasteiger charge is -2.26. The number of rotatable bonds is 2. The van der Waals surface area contributed by atoms with Crippen molar-refractivity contribution >= 4 is 5.91 Å². The molecular weight excluding hydrogens is 278 g/mol. The first-order valence-electron chi connectivity index (χ1n) is 7.77. The predicted molar refractivity (Wildman–Crippen MR) is 82.9 cm³/mol. The molecule has 116 valence electrons. The highest BCUT2D eigenvalue weighted by atomic mass is 16.2. The molecule has 0 aliphatic carbocycles. The fourth-order valence-corrected chi connectivity index (χ4v) is 2.90. The summed E-state index contributed by atoms with van der Waals surface area (Å²) in [5, 5.41) is 10.6. The van der Waals surface area contributed by atoms with E-state index in [4.69, 9.17) is 0 Å². The molecule has 1 aliphatic rings. The van der Waals surface area contributed by atoms with E-state index < -0.39 is 0 Å². The average molecular weight is 300 g/mol. The standard InChI is InChI=1S/C16H21N5O/c1-12-3-4-15(21-18-7-8-19-21)14(11-12)16(22)20-10-9-17-6-5-13(20)2/h3-4,7-8,11,13,17H,5-6,9-10H2,1-2H3/p+1/t13-/m1/s1. The average Bonchev–Trinajstić information content (AvgIpc) is 2.95. The van der Waals surface area contributed by atoms with Crippen molar-refractivity contribution in [2.24, 2.45) is 0 Å². The second-order valence-corrected chi connectivity index (χ2v) is 5.84. The van der Waals surface area contributed by atoms with Crippen molar-refractivity contribution in [1.29, 1.82) is 0 Å². The van der Waals surface area contributed by atoms with Gasteiger partial charge in [0, 0.05) is 12.5 Å². The van der Waals surface area contributed by atoms with Gasteiger partial charge in [-0.3, -0.25) is 4.79 Å². The number of quaternary nitrogens is 1. The molecular formula is C16H22N5O+. The van der Waals surface area contributed by atoms with Crippen LogP contribution < -0.4 is 5.32 Å². The van der Waals surface area contributed by atoms with Gasteiger partial charge in [-0.2, -0.15) is 15.0 Å². The maximum Gasteiger partial charge on any atom is 0.256 e. The van der Waals surface area contributed by atoms with E-state index in [-0.39, 0.29) is 11.9 Å². The second kappa shape index (κ2) is 6.27. The summed E-state index contributed by atoms with van der Waals surface area (Å²) >= 11 is 0. The van der Waals surface area contributed by atoms with Crippen molar-refractivity contribution in [3.63, 3.8) is 0 Å². The van der Waals surface area contributed by atoms with Crippen molar-refractivity contribution in [3.05, 3.63) is 41.7 Å². The number of benzene rings is 1. The summed E-state index contributed by atoms with van der Waals surface area (Å²) in [5.41, 5.74) is 2.47. The number of amides is 1. The Bertz CT molecular complexity index is 653. The highest BCUT2D eigenvalue weighted by molar-refractivity contribution is 5.98. The maximum absolute atomic E-state index is 13.1. The third-order valence-corrected chi connectivity index (χ3v) is 4.17. The van der Waals surface area contributed by atoms with E-state index in [1.165, 1.54) is 4.80 Å². The van der Waals surface area contributed by atoms with Gasteiger partial charge in [0.2, 0.25) is 0 Å². The van der Waals surface area contributed by atoms with Crippen LogP contribution in [-0.4, -0.2) is 51.5 Å². The minimum absolute atomic E-state index is 0.0683. The number of nitrogens with two attached hydrogens (primary N) is 1. The maximum atomic E-state index is 13.1. The summed E-state index contributed by atoms with van der Waals surface area (Å²) in [6.07, 6.45) is 4.27. The van der Waals surface area contributed by atoms with E-state index in [0.29, 0.717) is 5.56 Å². The van der Waals surface area contributed by atoms with Crippen molar-refractivity contribution in [3.8, 4) is 5.69 Å². The van der Waals surface area contributed by atoms with E-state index in [1.807, 2.05) is 30.0 Å². The molecule has 1 saturated heterocycles. The minimum atomic E-state index is 0.0683. The summed E-state index contributed by atoms with van der Waals surface area (Å²) in [7, 11) is 0. The Labute approximate surface area is 130 Å². The molecule has 1 aromatic carbocycles. The van der Waals surface area contributed by atoms with Gasteiger partial charge in [-0.05, 0) is 26.0 Å². The van der Waals surface area contributed by atoms with Gasteiger partial charge in [0.05, 0.1) is 43.3 Å². The van der Waals surface area contributed by atoms with Gasteiger partial charge in [-0.15, -0.1) is 0 Å². The molecule has 1 atom stereocenters. The first-order chi connectivity index (χ1) is 10.7. The summed E-state index contributed by atoms with van der Waals surface area (Å²) in [5.74, 6) is 0.0683. The van der Waals surface area contributed by atoms with Crippen LogP contribution in [0.25, 0.3) is 5.69 Å². The molecule has 0 saturated carbocycles. The molecule has 1 amide bonds. The Morgan fingerprint density at radius 1 is 1.27 bits per heavy atom. The molecule has 1 aromatic heterocycles. The summed E-state index contributed by atoms with van der Waals surface area (Å²) in [6, 6.07) is 6.08. The van der Waals surface area contributed by atoms with Gasteiger partial charge < -0.3 is 10.2 Å². The van der Waals surface area contributed by atoms with Crippen LogP contribution in [0.1, 0.15) is 29.3 Å². The summed E-state index contributed by atoms with van der Waals surface area (Å²) in [6.45, 7) is 6.93. The first kappa shape index (κ1) is 14.7. The van der Waals surface area contributed by atoms with Gasteiger partial charge in [-0.25, -0.2) is 0 Å². The van der Waals surface area contributed by atoms with Gasteiger partial charge in [-0.1, -0.05) is 11.6 Å². The lowest BCUT2D eigenvalue weighted by Crippen LogP contribution is -2.84. The lowest BCUT2D eigenvalue weighted by atomic mass is 10.1. The van der Waals surface area contributed by atoms with Crippen molar-refractivity contribution in [2.75, 3.05) is 19.6 Å². The molecule has 0 bridgehead atoms. The predicted octanol–water partition coefficient (Wildman–Crippen LogP) is 0.374. The SMILES string of the molecule is Cc1ccc(-n2nccn2)c(C(=O)N2CC[NH2+]CC[C@H]2C)c1. The Kier molecular flexibility index (Phi) is 4.20. The molecule has 6 nitrogen and oxygen atoms in total. The van der Waals surface area contributed by atoms with Crippen LogP contribution in [0.2, 0.25) is 0 Å². The molecule has 3 rings (SSSR count). The van der Waals surface area contributed by atoms with Crippen LogP contribution in [0.5, 0.6) is 0 Å². The van der Waals surface area contributed by atoms with E-state index >= 15 is 0 Å². The molecule has 2 aromatic rings. The molecule has 6 heteroatoms.